The number of nitrogens with zero attached hydrogens (tertiary/aromatic N) is 2. The van der Waals surface area contributed by atoms with Crippen LogP contribution >= 0.6 is 11.6 Å². The highest BCUT2D eigenvalue weighted by molar-refractivity contribution is 6.31. The summed E-state index contributed by atoms with van der Waals surface area (Å²) in [4.78, 5) is 19.6. The Hall–Kier alpha value is -1.38. The van der Waals surface area contributed by atoms with Crippen LogP contribution in [0.3, 0.4) is 0 Å². The van der Waals surface area contributed by atoms with Gasteiger partial charge >= 0.3 is 6.18 Å². The molecule has 0 aliphatic carbocycles. The predicted molar refractivity (Wildman–Crippen MR) is 101 cm³/mol. The molecule has 1 aromatic heterocycles. The molecule has 1 amide bonds. The highest BCUT2D eigenvalue weighted by atomic mass is 35.5. The summed E-state index contributed by atoms with van der Waals surface area (Å²) in [5, 5.41) is 13.2. The van der Waals surface area contributed by atoms with Crippen LogP contribution in [0.1, 0.15) is 55.7 Å². The molecule has 3 saturated heterocycles. The van der Waals surface area contributed by atoms with Crippen molar-refractivity contribution in [2.75, 3.05) is 13.1 Å². The Balaban J connectivity index is 1.68. The fourth-order valence-electron chi connectivity index (χ4n) is 5.21. The molecule has 5 nitrogen and oxygen atoms in total. The molecule has 4 atom stereocenters. The van der Waals surface area contributed by atoms with E-state index in [0.717, 1.165) is 44.5 Å². The second-order valence-corrected chi connectivity index (χ2v) is 8.84. The van der Waals surface area contributed by atoms with Gasteiger partial charge in [-0.3, -0.25) is 9.78 Å². The Kier molecular flexibility index (Phi) is 5.79. The second-order valence-electron chi connectivity index (χ2n) is 8.43. The van der Waals surface area contributed by atoms with E-state index >= 15 is 0 Å². The number of carbonyl (C=O) groups excluding carboxylic acids is 1. The van der Waals surface area contributed by atoms with Crippen molar-refractivity contribution in [1.82, 2.24) is 15.2 Å². The lowest BCUT2D eigenvalue weighted by atomic mass is 9.81. The molecule has 3 aliphatic heterocycles. The van der Waals surface area contributed by atoms with E-state index in [1.807, 2.05) is 4.90 Å². The van der Waals surface area contributed by atoms with E-state index in [-0.39, 0.29) is 34.6 Å². The number of carbonyl (C=O) groups is 1. The Morgan fingerprint density at radius 1 is 1.28 bits per heavy atom. The van der Waals surface area contributed by atoms with Gasteiger partial charge in [0.25, 0.3) is 0 Å². The number of fused-ring (bicyclic) bond motifs is 2. The number of hydrogen-bond donors (Lipinski definition) is 2. The first-order valence-corrected chi connectivity index (χ1v) is 10.6. The molecule has 160 valence electrons. The number of aliphatic hydroxyl groups is 1. The van der Waals surface area contributed by atoms with Crippen LogP contribution in [-0.2, 0) is 11.0 Å². The molecule has 4 heterocycles. The molecule has 2 bridgehead atoms. The fourth-order valence-corrected chi connectivity index (χ4v) is 5.49. The van der Waals surface area contributed by atoms with Gasteiger partial charge in [0.15, 0.2) is 0 Å². The number of rotatable bonds is 3. The average Bonchev–Trinajstić information content (AvgIpc) is 2.94. The number of aromatic nitrogens is 1. The molecule has 1 aromatic rings. The number of piperidine rings is 2. The van der Waals surface area contributed by atoms with E-state index < -0.39 is 23.8 Å². The third kappa shape index (κ3) is 4.11. The lowest BCUT2D eigenvalue weighted by molar-refractivity contribution is -0.140. The lowest BCUT2D eigenvalue weighted by Gasteiger charge is -2.41. The fraction of sp³-hybridized carbons (Fsp3) is 0.700. The van der Waals surface area contributed by atoms with Crippen LogP contribution in [0.15, 0.2) is 12.3 Å². The topological polar surface area (TPSA) is 65.5 Å². The highest BCUT2D eigenvalue weighted by Crippen LogP contribution is 2.42. The van der Waals surface area contributed by atoms with E-state index in [9.17, 15) is 23.1 Å². The summed E-state index contributed by atoms with van der Waals surface area (Å²) in [5.74, 6) is -0.882. The average molecular weight is 432 g/mol. The SMILES string of the molecule is O=C(C(c1ncc(C(F)(F)F)cc1Cl)C1CCCNC1)N1C2CCC1CC(O)C2. The first-order chi connectivity index (χ1) is 13.8. The van der Waals surface area contributed by atoms with Crippen molar-refractivity contribution >= 4 is 17.5 Å². The lowest BCUT2D eigenvalue weighted by Crippen LogP contribution is -2.51. The summed E-state index contributed by atoms with van der Waals surface area (Å²) in [6.07, 6.45) is 0.286. The maximum Gasteiger partial charge on any atom is 0.417 e. The van der Waals surface area contributed by atoms with Crippen molar-refractivity contribution in [3.05, 3.63) is 28.5 Å². The van der Waals surface area contributed by atoms with Crippen molar-refractivity contribution < 1.29 is 23.1 Å². The summed E-state index contributed by atoms with van der Waals surface area (Å²) < 4.78 is 39.1. The van der Waals surface area contributed by atoms with Crippen LogP contribution in [-0.4, -0.2) is 52.2 Å². The molecule has 0 spiro atoms. The molecule has 3 aliphatic rings. The largest absolute Gasteiger partial charge is 0.417 e. The molecule has 3 fully saturated rings. The van der Waals surface area contributed by atoms with Gasteiger partial charge < -0.3 is 15.3 Å². The number of pyridine rings is 1. The van der Waals surface area contributed by atoms with Gasteiger partial charge in [-0.05, 0) is 63.6 Å². The normalized spacial score (nSPS) is 31.0. The van der Waals surface area contributed by atoms with Crippen LogP contribution in [0.2, 0.25) is 5.02 Å². The minimum atomic E-state index is -4.54. The van der Waals surface area contributed by atoms with Crippen LogP contribution in [0.4, 0.5) is 13.2 Å². The Labute approximate surface area is 172 Å². The van der Waals surface area contributed by atoms with Gasteiger partial charge in [-0.1, -0.05) is 11.6 Å². The smallest absolute Gasteiger partial charge is 0.393 e. The van der Waals surface area contributed by atoms with Crippen LogP contribution in [0.5, 0.6) is 0 Å². The molecule has 0 aromatic carbocycles. The number of aliphatic hydroxyl groups excluding tert-OH is 1. The standard InChI is InChI=1S/C20H25ClF3N3O2/c21-16-6-12(20(22,23)24)10-26-18(16)17(11-2-1-5-25-9-11)19(29)27-13-3-4-14(27)8-15(28)7-13/h6,10-11,13-15,17,25,28H,1-5,7-9H2. The van der Waals surface area contributed by atoms with Gasteiger partial charge in [0.05, 0.1) is 28.3 Å². The second kappa shape index (κ2) is 8.04. The van der Waals surface area contributed by atoms with E-state index in [4.69, 9.17) is 11.6 Å². The van der Waals surface area contributed by atoms with Crippen molar-refractivity contribution in [3.8, 4) is 0 Å². The highest BCUT2D eigenvalue weighted by Gasteiger charge is 2.47. The first-order valence-electron chi connectivity index (χ1n) is 10.2. The number of halogens is 4. The zero-order valence-corrected chi connectivity index (χ0v) is 16.7. The molecular weight excluding hydrogens is 407 g/mol. The van der Waals surface area contributed by atoms with Crippen molar-refractivity contribution in [1.29, 1.82) is 0 Å². The van der Waals surface area contributed by atoms with Crippen molar-refractivity contribution in [2.24, 2.45) is 5.92 Å². The van der Waals surface area contributed by atoms with E-state index in [1.54, 1.807) is 0 Å². The van der Waals surface area contributed by atoms with Crippen molar-refractivity contribution in [3.63, 3.8) is 0 Å². The maximum absolute atomic E-state index is 13.7. The number of alkyl halides is 3. The van der Waals surface area contributed by atoms with Gasteiger partial charge in [-0.2, -0.15) is 13.2 Å². The summed E-state index contributed by atoms with van der Waals surface area (Å²) in [6.45, 7) is 1.45. The summed E-state index contributed by atoms with van der Waals surface area (Å²) >= 11 is 6.25. The Morgan fingerprint density at radius 3 is 2.52 bits per heavy atom. The summed E-state index contributed by atoms with van der Waals surface area (Å²) in [5.41, 5.74) is -0.690. The first kappa shape index (κ1) is 20.9. The van der Waals surface area contributed by atoms with E-state index in [2.05, 4.69) is 10.3 Å². The predicted octanol–water partition coefficient (Wildman–Crippen LogP) is 3.35. The van der Waals surface area contributed by atoms with E-state index in [0.29, 0.717) is 19.4 Å². The van der Waals surface area contributed by atoms with Gasteiger partial charge in [0.1, 0.15) is 0 Å². The minimum absolute atomic E-state index is 0.0245. The van der Waals surface area contributed by atoms with Crippen molar-refractivity contribution in [2.45, 2.75) is 68.8 Å². The number of amides is 1. The molecule has 0 saturated carbocycles. The Bertz CT molecular complexity index is 756. The monoisotopic (exact) mass is 431 g/mol. The molecule has 4 unspecified atom stereocenters. The Morgan fingerprint density at radius 2 is 1.97 bits per heavy atom. The summed E-state index contributed by atoms with van der Waals surface area (Å²) in [6, 6.07) is 0.821. The van der Waals surface area contributed by atoms with Gasteiger partial charge in [0.2, 0.25) is 5.91 Å². The van der Waals surface area contributed by atoms with E-state index in [1.165, 1.54) is 0 Å². The van der Waals surface area contributed by atoms with Crippen LogP contribution in [0.25, 0.3) is 0 Å². The third-order valence-electron chi connectivity index (χ3n) is 6.53. The van der Waals surface area contributed by atoms with Gasteiger partial charge in [-0.15, -0.1) is 0 Å². The molecule has 2 N–H and O–H groups in total. The van der Waals surface area contributed by atoms with Crippen LogP contribution in [0, 0.1) is 5.92 Å². The quantitative estimate of drug-likeness (QED) is 0.770. The minimum Gasteiger partial charge on any atom is -0.393 e. The van der Waals surface area contributed by atoms with Crippen LogP contribution < -0.4 is 5.32 Å². The van der Waals surface area contributed by atoms with Gasteiger partial charge in [-0.25, -0.2) is 0 Å². The third-order valence-corrected chi connectivity index (χ3v) is 6.83. The molecule has 0 radical (unpaired) electrons. The molecule has 9 heteroatoms. The summed E-state index contributed by atoms with van der Waals surface area (Å²) in [7, 11) is 0. The zero-order valence-electron chi connectivity index (χ0n) is 16.0. The molecule has 4 rings (SSSR count). The van der Waals surface area contributed by atoms with Gasteiger partial charge in [0, 0.05) is 18.3 Å². The zero-order chi connectivity index (χ0) is 20.8. The molecule has 29 heavy (non-hydrogen) atoms. The maximum atomic E-state index is 13.7. The molecular formula is C20H25ClF3N3O2. The number of nitrogens with one attached hydrogen (secondary N) is 1. The number of hydrogen-bond acceptors (Lipinski definition) is 4.